The summed E-state index contributed by atoms with van der Waals surface area (Å²) in [6.07, 6.45) is 2.63. The number of hydrogen-bond donors (Lipinski definition) is 0. The molecule has 1 unspecified atom stereocenters. The first kappa shape index (κ1) is 13.4. The molecule has 2 rings (SSSR count). The van der Waals surface area contributed by atoms with Crippen LogP contribution >= 0.6 is 15.9 Å². The van der Waals surface area contributed by atoms with E-state index in [1.54, 1.807) is 14.2 Å². The minimum Gasteiger partial charge on any atom is -0.496 e. The predicted octanol–water partition coefficient (Wildman–Crippen LogP) is 3.62. The third-order valence-electron chi connectivity index (χ3n) is 3.58. The average molecular weight is 313 g/mol. The lowest BCUT2D eigenvalue weighted by molar-refractivity contribution is 0.0894. The lowest BCUT2D eigenvalue weighted by Crippen LogP contribution is -2.23. The Morgan fingerprint density at radius 3 is 2.67 bits per heavy atom. The molecule has 0 N–H and O–H groups in total. The summed E-state index contributed by atoms with van der Waals surface area (Å²) in [5.41, 5.74) is 1.68. The minimum atomic E-state index is 0.102. The summed E-state index contributed by atoms with van der Waals surface area (Å²) < 4.78 is 11.5. The van der Waals surface area contributed by atoms with Crippen molar-refractivity contribution < 1.29 is 14.3 Å². The van der Waals surface area contributed by atoms with Gasteiger partial charge >= 0.3 is 0 Å². The third kappa shape index (κ3) is 2.03. The fourth-order valence-electron chi connectivity index (χ4n) is 2.58. The fraction of sp³-hybridized carbons (Fsp3) is 0.500. The second-order valence-electron chi connectivity index (χ2n) is 4.46. The van der Waals surface area contributed by atoms with Crippen molar-refractivity contribution in [2.24, 2.45) is 5.92 Å². The summed E-state index contributed by atoms with van der Waals surface area (Å²) in [5.74, 6) is 1.68. The molecule has 4 heteroatoms. The van der Waals surface area contributed by atoms with Crippen LogP contribution in [0.2, 0.25) is 0 Å². The number of carbonyl (C=O) groups excluding carboxylic acids is 1. The van der Waals surface area contributed by atoms with E-state index in [9.17, 15) is 4.79 Å². The van der Waals surface area contributed by atoms with Crippen LogP contribution in [0.5, 0.6) is 11.5 Å². The summed E-state index contributed by atoms with van der Waals surface area (Å²) in [5, 5.41) is 0. The molecule has 0 amide bonds. The van der Waals surface area contributed by atoms with Crippen molar-refractivity contribution >= 4 is 21.7 Å². The summed E-state index contributed by atoms with van der Waals surface area (Å²) in [4.78, 5) is 12.5. The molecule has 18 heavy (non-hydrogen) atoms. The lowest BCUT2D eigenvalue weighted by atomic mass is 9.80. The van der Waals surface area contributed by atoms with Gasteiger partial charge in [-0.2, -0.15) is 0 Å². The van der Waals surface area contributed by atoms with Gasteiger partial charge in [-0.25, -0.2) is 0 Å². The smallest absolute Gasteiger partial charge is 0.170 e. The number of benzene rings is 1. The van der Waals surface area contributed by atoms with Crippen molar-refractivity contribution in [2.75, 3.05) is 14.2 Å². The Hall–Kier alpha value is -1.03. The number of Topliss-reactive ketones (excluding diaryl/α,β-unsaturated/α-hetero) is 1. The molecule has 0 fully saturated rings. The molecule has 1 atom stereocenters. The molecule has 0 radical (unpaired) electrons. The third-order valence-corrected chi connectivity index (χ3v) is 4.17. The van der Waals surface area contributed by atoms with Gasteiger partial charge in [0.1, 0.15) is 11.5 Å². The Bertz CT molecular complexity index is 482. The van der Waals surface area contributed by atoms with Gasteiger partial charge in [0.15, 0.2) is 5.78 Å². The standard InChI is InChI=1S/C14H17BrO3/c1-4-8-5-6-9-11(17-2)7-10(15)14(18-3)12(9)13(8)16/h7-8H,4-6H2,1-3H3. The number of rotatable bonds is 3. The SMILES string of the molecule is CCC1CCc2c(OC)cc(Br)c(OC)c2C1=O. The first-order valence-electron chi connectivity index (χ1n) is 6.11. The van der Waals surface area contributed by atoms with Crippen molar-refractivity contribution in [3.05, 3.63) is 21.7 Å². The van der Waals surface area contributed by atoms with Gasteiger partial charge in [-0.3, -0.25) is 4.79 Å². The summed E-state index contributed by atoms with van der Waals surface area (Å²) in [6, 6.07) is 1.87. The van der Waals surface area contributed by atoms with E-state index in [0.29, 0.717) is 11.3 Å². The first-order valence-corrected chi connectivity index (χ1v) is 6.90. The highest BCUT2D eigenvalue weighted by Crippen LogP contribution is 2.43. The summed E-state index contributed by atoms with van der Waals surface area (Å²) in [7, 11) is 3.22. The van der Waals surface area contributed by atoms with Crippen molar-refractivity contribution in [1.29, 1.82) is 0 Å². The van der Waals surface area contributed by atoms with E-state index in [2.05, 4.69) is 22.9 Å². The molecule has 0 saturated heterocycles. The molecule has 1 aliphatic rings. The molecule has 1 aromatic rings. The summed E-state index contributed by atoms with van der Waals surface area (Å²) >= 11 is 3.44. The van der Waals surface area contributed by atoms with Crippen molar-refractivity contribution in [2.45, 2.75) is 26.2 Å². The van der Waals surface area contributed by atoms with Crippen LogP contribution in [0.15, 0.2) is 10.5 Å². The highest BCUT2D eigenvalue weighted by Gasteiger charge is 2.32. The Kier molecular flexibility index (Phi) is 3.95. The van der Waals surface area contributed by atoms with Gasteiger partial charge in [0.25, 0.3) is 0 Å². The van der Waals surface area contributed by atoms with Crippen LogP contribution < -0.4 is 9.47 Å². The largest absolute Gasteiger partial charge is 0.496 e. The first-order chi connectivity index (χ1) is 8.63. The Balaban J connectivity index is 2.65. The monoisotopic (exact) mass is 312 g/mol. The quantitative estimate of drug-likeness (QED) is 0.855. The molecular formula is C14H17BrO3. The summed E-state index contributed by atoms with van der Waals surface area (Å²) in [6.45, 7) is 2.05. The molecule has 1 aliphatic carbocycles. The number of ether oxygens (including phenoxy) is 2. The molecule has 98 valence electrons. The normalized spacial score (nSPS) is 18.4. The Labute approximate surface area is 116 Å². The molecule has 1 aromatic carbocycles. The Morgan fingerprint density at radius 2 is 2.11 bits per heavy atom. The number of carbonyl (C=O) groups is 1. The molecule has 3 nitrogen and oxygen atoms in total. The van der Waals surface area contributed by atoms with E-state index in [1.165, 1.54) is 0 Å². The van der Waals surface area contributed by atoms with E-state index in [1.807, 2.05) is 6.07 Å². The number of hydrogen-bond acceptors (Lipinski definition) is 3. The van der Waals surface area contributed by atoms with Crippen molar-refractivity contribution in [1.82, 2.24) is 0 Å². The minimum absolute atomic E-state index is 0.102. The van der Waals surface area contributed by atoms with Gasteiger partial charge in [0.2, 0.25) is 0 Å². The zero-order valence-electron chi connectivity index (χ0n) is 10.9. The molecule has 0 heterocycles. The molecule has 0 saturated carbocycles. The van der Waals surface area contributed by atoms with E-state index >= 15 is 0 Å². The topological polar surface area (TPSA) is 35.5 Å². The van der Waals surface area contributed by atoms with Crippen LogP contribution in [0, 0.1) is 5.92 Å². The van der Waals surface area contributed by atoms with Crippen LogP contribution in [0.1, 0.15) is 35.7 Å². The molecule has 0 aliphatic heterocycles. The van der Waals surface area contributed by atoms with Crippen LogP contribution in [0.25, 0.3) is 0 Å². The highest BCUT2D eigenvalue weighted by molar-refractivity contribution is 9.10. The zero-order valence-corrected chi connectivity index (χ0v) is 12.5. The van der Waals surface area contributed by atoms with E-state index in [4.69, 9.17) is 9.47 Å². The lowest BCUT2D eigenvalue weighted by Gasteiger charge is -2.26. The zero-order chi connectivity index (χ0) is 13.3. The van der Waals surface area contributed by atoms with Gasteiger partial charge in [0.05, 0.1) is 24.3 Å². The molecular weight excluding hydrogens is 296 g/mol. The van der Waals surface area contributed by atoms with Gasteiger partial charge in [-0.05, 0) is 41.3 Å². The number of fused-ring (bicyclic) bond motifs is 1. The maximum Gasteiger partial charge on any atom is 0.170 e. The van der Waals surface area contributed by atoms with Gasteiger partial charge in [-0.1, -0.05) is 6.92 Å². The van der Waals surface area contributed by atoms with Gasteiger partial charge in [0, 0.05) is 11.5 Å². The van der Waals surface area contributed by atoms with Crippen molar-refractivity contribution in [3.63, 3.8) is 0 Å². The van der Waals surface area contributed by atoms with Crippen LogP contribution in [0.4, 0.5) is 0 Å². The van der Waals surface area contributed by atoms with E-state index in [0.717, 1.165) is 35.0 Å². The second-order valence-corrected chi connectivity index (χ2v) is 5.31. The number of ketones is 1. The van der Waals surface area contributed by atoms with Crippen LogP contribution in [-0.2, 0) is 6.42 Å². The Morgan fingerprint density at radius 1 is 1.39 bits per heavy atom. The fourth-order valence-corrected chi connectivity index (χ4v) is 3.15. The van der Waals surface area contributed by atoms with E-state index < -0.39 is 0 Å². The number of halogens is 1. The number of methoxy groups -OCH3 is 2. The highest BCUT2D eigenvalue weighted by atomic mass is 79.9. The molecule has 0 bridgehead atoms. The van der Waals surface area contributed by atoms with Crippen LogP contribution in [0.3, 0.4) is 0 Å². The van der Waals surface area contributed by atoms with Crippen LogP contribution in [-0.4, -0.2) is 20.0 Å². The molecule has 0 spiro atoms. The maximum absolute atomic E-state index is 12.5. The van der Waals surface area contributed by atoms with Crippen molar-refractivity contribution in [3.8, 4) is 11.5 Å². The van der Waals surface area contributed by atoms with Gasteiger partial charge in [-0.15, -0.1) is 0 Å². The maximum atomic E-state index is 12.5. The molecule has 0 aromatic heterocycles. The average Bonchev–Trinajstić information content (AvgIpc) is 2.38. The van der Waals surface area contributed by atoms with E-state index in [-0.39, 0.29) is 11.7 Å². The predicted molar refractivity (Wildman–Crippen MR) is 73.7 cm³/mol. The second kappa shape index (κ2) is 5.31. The van der Waals surface area contributed by atoms with Gasteiger partial charge < -0.3 is 9.47 Å².